The van der Waals surface area contributed by atoms with Gasteiger partial charge in [0.2, 0.25) is 5.91 Å². The van der Waals surface area contributed by atoms with Crippen LogP contribution in [0.15, 0.2) is 54.6 Å². The quantitative estimate of drug-likeness (QED) is 0.769. The number of nitrogens with one attached hydrogen (secondary N) is 1. The van der Waals surface area contributed by atoms with Crippen molar-refractivity contribution < 1.29 is 14.6 Å². The molecule has 0 spiro atoms. The van der Waals surface area contributed by atoms with Crippen molar-refractivity contribution in [2.75, 3.05) is 13.2 Å². The van der Waals surface area contributed by atoms with Crippen molar-refractivity contribution in [3.8, 4) is 11.5 Å². The lowest BCUT2D eigenvalue weighted by molar-refractivity contribution is -0.120. The Morgan fingerprint density at radius 2 is 1.90 bits per heavy atom. The van der Waals surface area contributed by atoms with Crippen LogP contribution in [0.25, 0.3) is 0 Å². The number of amides is 1. The van der Waals surface area contributed by atoms with E-state index in [1.165, 1.54) is 0 Å². The van der Waals surface area contributed by atoms with Crippen LogP contribution >= 0.6 is 0 Å². The highest BCUT2D eigenvalue weighted by molar-refractivity contribution is 5.78. The smallest absolute Gasteiger partial charge is 0.224 e. The largest absolute Gasteiger partial charge is 0.508 e. The van der Waals surface area contributed by atoms with Crippen LogP contribution in [0.4, 0.5) is 0 Å². The summed E-state index contributed by atoms with van der Waals surface area (Å²) in [5, 5.41) is 12.2. The van der Waals surface area contributed by atoms with Gasteiger partial charge in [-0.1, -0.05) is 30.3 Å². The summed E-state index contributed by atoms with van der Waals surface area (Å²) >= 11 is 0. The minimum absolute atomic E-state index is 0.0553. The molecule has 2 aromatic rings. The lowest BCUT2D eigenvalue weighted by Gasteiger charge is -2.07. The molecule has 0 aromatic heterocycles. The number of benzene rings is 2. The van der Waals surface area contributed by atoms with Gasteiger partial charge in [0.05, 0.1) is 13.0 Å². The molecule has 110 valence electrons. The van der Waals surface area contributed by atoms with Gasteiger partial charge in [0.15, 0.2) is 0 Å². The zero-order valence-corrected chi connectivity index (χ0v) is 11.8. The topological polar surface area (TPSA) is 58.6 Å². The maximum absolute atomic E-state index is 11.7. The molecule has 0 aliphatic heterocycles. The molecular weight excluding hydrogens is 266 g/mol. The molecule has 2 rings (SSSR count). The first-order valence-corrected chi connectivity index (χ1v) is 6.96. The van der Waals surface area contributed by atoms with Gasteiger partial charge in [0.1, 0.15) is 11.5 Å². The van der Waals surface area contributed by atoms with Crippen LogP contribution in [-0.2, 0) is 11.2 Å². The van der Waals surface area contributed by atoms with Crippen LogP contribution in [0.5, 0.6) is 11.5 Å². The van der Waals surface area contributed by atoms with Crippen molar-refractivity contribution in [2.24, 2.45) is 0 Å². The number of hydrogen-bond donors (Lipinski definition) is 2. The van der Waals surface area contributed by atoms with E-state index in [0.717, 1.165) is 17.7 Å². The van der Waals surface area contributed by atoms with Crippen molar-refractivity contribution in [3.63, 3.8) is 0 Å². The summed E-state index contributed by atoms with van der Waals surface area (Å²) in [5.74, 6) is 0.959. The first-order valence-electron chi connectivity index (χ1n) is 6.96. The summed E-state index contributed by atoms with van der Waals surface area (Å²) in [6, 6.07) is 16.3. The molecule has 0 aliphatic carbocycles. The minimum Gasteiger partial charge on any atom is -0.508 e. The standard InChI is InChI=1S/C17H19NO3/c19-15-7-4-6-14(12-15)13-17(20)18-10-5-11-21-16-8-2-1-3-9-16/h1-4,6-9,12,19H,5,10-11,13H2,(H,18,20). The predicted octanol–water partition coefficient (Wildman–Crippen LogP) is 2.52. The summed E-state index contributed by atoms with van der Waals surface area (Å²) in [4.78, 5) is 11.7. The lowest BCUT2D eigenvalue weighted by atomic mass is 10.1. The van der Waals surface area contributed by atoms with E-state index < -0.39 is 0 Å². The molecule has 0 heterocycles. The van der Waals surface area contributed by atoms with E-state index in [2.05, 4.69) is 5.32 Å². The van der Waals surface area contributed by atoms with Crippen LogP contribution in [0.2, 0.25) is 0 Å². The fraction of sp³-hybridized carbons (Fsp3) is 0.235. The molecule has 2 N–H and O–H groups in total. The number of carbonyl (C=O) groups is 1. The Kier molecular flexibility index (Phi) is 5.64. The van der Waals surface area contributed by atoms with Crippen LogP contribution in [0, 0.1) is 0 Å². The Labute approximate surface area is 124 Å². The molecule has 4 nitrogen and oxygen atoms in total. The summed E-state index contributed by atoms with van der Waals surface area (Å²) in [6.07, 6.45) is 1.02. The van der Waals surface area contributed by atoms with E-state index in [1.54, 1.807) is 18.2 Å². The first-order chi connectivity index (χ1) is 10.2. The zero-order valence-electron chi connectivity index (χ0n) is 11.8. The van der Waals surface area contributed by atoms with E-state index in [4.69, 9.17) is 4.74 Å². The van der Waals surface area contributed by atoms with E-state index in [-0.39, 0.29) is 18.1 Å². The second-order valence-electron chi connectivity index (χ2n) is 4.71. The van der Waals surface area contributed by atoms with Crippen molar-refractivity contribution >= 4 is 5.91 Å². The number of carbonyl (C=O) groups excluding carboxylic acids is 1. The summed E-state index contributed by atoms with van der Waals surface area (Å²) in [5.41, 5.74) is 0.799. The number of aromatic hydroxyl groups is 1. The Balaban J connectivity index is 1.61. The van der Waals surface area contributed by atoms with E-state index >= 15 is 0 Å². The fourth-order valence-corrected chi connectivity index (χ4v) is 1.92. The third-order valence-electron chi connectivity index (χ3n) is 2.93. The van der Waals surface area contributed by atoms with Crippen LogP contribution in [0.3, 0.4) is 0 Å². The number of ether oxygens (including phenoxy) is 1. The van der Waals surface area contributed by atoms with Gasteiger partial charge in [-0.05, 0) is 36.2 Å². The molecule has 0 unspecified atom stereocenters. The number of rotatable bonds is 7. The molecule has 0 radical (unpaired) electrons. The first kappa shape index (κ1) is 14.9. The normalized spacial score (nSPS) is 10.1. The molecule has 4 heteroatoms. The molecule has 0 fully saturated rings. The molecule has 21 heavy (non-hydrogen) atoms. The molecule has 0 saturated carbocycles. The molecule has 0 saturated heterocycles. The second kappa shape index (κ2) is 7.94. The third kappa shape index (κ3) is 5.57. The Bertz CT molecular complexity index is 569. The van der Waals surface area contributed by atoms with Gasteiger partial charge in [-0.2, -0.15) is 0 Å². The van der Waals surface area contributed by atoms with Gasteiger partial charge in [-0.25, -0.2) is 0 Å². The van der Waals surface area contributed by atoms with Crippen molar-refractivity contribution in [1.29, 1.82) is 0 Å². The maximum Gasteiger partial charge on any atom is 0.224 e. The third-order valence-corrected chi connectivity index (χ3v) is 2.93. The van der Waals surface area contributed by atoms with Gasteiger partial charge >= 0.3 is 0 Å². The molecule has 0 aliphatic rings. The average molecular weight is 285 g/mol. The average Bonchev–Trinajstić information content (AvgIpc) is 2.48. The minimum atomic E-state index is -0.0553. The van der Waals surface area contributed by atoms with E-state index in [9.17, 15) is 9.90 Å². The van der Waals surface area contributed by atoms with Crippen molar-refractivity contribution in [2.45, 2.75) is 12.8 Å². The van der Waals surface area contributed by atoms with E-state index in [0.29, 0.717) is 13.2 Å². The highest BCUT2D eigenvalue weighted by Gasteiger charge is 2.03. The zero-order chi connectivity index (χ0) is 14.9. The molecule has 2 aromatic carbocycles. The molecular formula is C17H19NO3. The number of hydrogen-bond acceptors (Lipinski definition) is 3. The Morgan fingerprint density at radius 3 is 2.67 bits per heavy atom. The fourth-order valence-electron chi connectivity index (χ4n) is 1.92. The van der Waals surface area contributed by atoms with Gasteiger partial charge in [-0.15, -0.1) is 0 Å². The van der Waals surface area contributed by atoms with Crippen molar-refractivity contribution in [3.05, 3.63) is 60.2 Å². The number of para-hydroxylation sites is 1. The number of phenolic OH excluding ortho intramolecular Hbond substituents is 1. The highest BCUT2D eigenvalue weighted by Crippen LogP contribution is 2.11. The van der Waals surface area contributed by atoms with Gasteiger partial charge in [0, 0.05) is 6.54 Å². The monoisotopic (exact) mass is 285 g/mol. The molecule has 0 bridgehead atoms. The summed E-state index contributed by atoms with van der Waals surface area (Å²) in [6.45, 7) is 1.14. The lowest BCUT2D eigenvalue weighted by Crippen LogP contribution is -2.27. The summed E-state index contributed by atoms with van der Waals surface area (Å²) < 4.78 is 5.54. The highest BCUT2D eigenvalue weighted by atomic mass is 16.5. The SMILES string of the molecule is O=C(Cc1cccc(O)c1)NCCCOc1ccccc1. The van der Waals surface area contributed by atoms with Crippen molar-refractivity contribution in [1.82, 2.24) is 5.32 Å². The van der Waals surface area contributed by atoms with E-state index in [1.807, 2.05) is 36.4 Å². The second-order valence-corrected chi connectivity index (χ2v) is 4.71. The van der Waals surface area contributed by atoms with Gasteiger partial charge < -0.3 is 15.2 Å². The Morgan fingerprint density at radius 1 is 1.10 bits per heavy atom. The van der Waals surface area contributed by atoms with Gasteiger partial charge in [-0.3, -0.25) is 4.79 Å². The Hall–Kier alpha value is -2.49. The van der Waals surface area contributed by atoms with Crippen LogP contribution in [0.1, 0.15) is 12.0 Å². The van der Waals surface area contributed by atoms with Crippen LogP contribution in [-0.4, -0.2) is 24.2 Å². The number of phenols is 1. The molecule has 0 atom stereocenters. The maximum atomic E-state index is 11.7. The summed E-state index contributed by atoms with van der Waals surface area (Å²) in [7, 11) is 0. The van der Waals surface area contributed by atoms with Crippen LogP contribution < -0.4 is 10.1 Å². The predicted molar refractivity (Wildman–Crippen MR) is 81.4 cm³/mol. The van der Waals surface area contributed by atoms with Gasteiger partial charge in [0.25, 0.3) is 0 Å². The molecule has 1 amide bonds.